The number of hydrogen-bond donors (Lipinski definition) is 2. The van der Waals surface area contributed by atoms with E-state index >= 15 is 0 Å². The molecule has 3 rings (SSSR count). The first-order valence-corrected chi connectivity index (χ1v) is 10.2. The molecule has 0 saturated heterocycles. The summed E-state index contributed by atoms with van der Waals surface area (Å²) in [5.41, 5.74) is 4.17. The van der Waals surface area contributed by atoms with Gasteiger partial charge in [-0.2, -0.15) is 0 Å². The summed E-state index contributed by atoms with van der Waals surface area (Å²) in [7, 11) is 1.66. The van der Waals surface area contributed by atoms with E-state index in [0.717, 1.165) is 49.3 Å². The summed E-state index contributed by atoms with van der Waals surface area (Å²) in [6.07, 6.45) is 2.87. The summed E-state index contributed by atoms with van der Waals surface area (Å²) < 4.78 is 0. The van der Waals surface area contributed by atoms with Crippen LogP contribution in [0.4, 0.5) is 0 Å². The largest absolute Gasteiger partial charge is 0.394 e. The molecule has 1 atom stereocenters. The van der Waals surface area contributed by atoms with Crippen LogP contribution in [-0.2, 0) is 25.9 Å². The molecule has 1 amide bonds. The maximum absolute atomic E-state index is 12.7. The van der Waals surface area contributed by atoms with Crippen molar-refractivity contribution in [2.75, 3.05) is 26.7 Å². The van der Waals surface area contributed by atoms with Crippen LogP contribution < -0.4 is 0 Å². The third kappa shape index (κ3) is 4.73. The Bertz CT molecular complexity index is 775. The number of aryl methyl sites for hydroxylation is 1. The molecule has 7 heteroatoms. The third-order valence-electron chi connectivity index (χ3n) is 4.98. The van der Waals surface area contributed by atoms with Crippen LogP contribution in [0.25, 0.3) is 0 Å². The van der Waals surface area contributed by atoms with Crippen LogP contribution >= 0.6 is 11.3 Å². The van der Waals surface area contributed by atoms with Crippen molar-refractivity contribution in [2.24, 2.45) is 0 Å². The van der Waals surface area contributed by atoms with Gasteiger partial charge in [-0.25, -0.2) is 0 Å². The Hall–Kier alpha value is -1.80. The maximum atomic E-state index is 12.7. The molecule has 2 aromatic rings. The quantitative estimate of drug-likeness (QED) is 0.754. The molecule has 0 spiro atoms. The average molecular weight is 390 g/mol. The number of hydrogen-bond acceptors (Lipinski definition) is 6. The molecule has 146 valence electrons. The number of aromatic nitrogens is 1. The van der Waals surface area contributed by atoms with Crippen LogP contribution in [0.15, 0.2) is 23.7 Å². The van der Waals surface area contributed by atoms with Crippen LogP contribution in [0, 0.1) is 0 Å². The van der Waals surface area contributed by atoms with E-state index in [0.29, 0.717) is 0 Å². The zero-order valence-corrected chi connectivity index (χ0v) is 16.7. The lowest BCUT2D eigenvalue weighted by atomic mass is 10.0. The van der Waals surface area contributed by atoms with Crippen molar-refractivity contribution in [3.8, 4) is 0 Å². The van der Waals surface area contributed by atoms with Gasteiger partial charge in [-0.05, 0) is 30.0 Å². The Kier molecular flexibility index (Phi) is 6.59. The van der Waals surface area contributed by atoms with Crippen molar-refractivity contribution in [1.29, 1.82) is 0 Å². The third-order valence-corrected chi connectivity index (χ3v) is 5.99. The molecule has 0 bridgehead atoms. The van der Waals surface area contributed by atoms with Crippen LogP contribution in [0.5, 0.6) is 0 Å². The van der Waals surface area contributed by atoms with Gasteiger partial charge in [0.15, 0.2) is 0 Å². The van der Waals surface area contributed by atoms with Crippen molar-refractivity contribution in [1.82, 2.24) is 14.8 Å². The number of nitrogens with zero attached hydrogens (tertiary/aromatic N) is 3. The number of likely N-dealkylation sites (N-methyl/N-ethyl adjacent to an activating group) is 1. The number of aliphatic hydroxyl groups is 2. The Morgan fingerprint density at radius 2 is 2.26 bits per heavy atom. The summed E-state index contributed by atoms with van der Waals surface area (Å²) in [6, 6.07) is 4.23. The number of aliphatic hydroxyl groups excluding tert-OH is 2. The minimum atomic E-state index is -0.907. The molecule has 0 aromatic carbocycles. The fourth-order valence-corrected chi connectivity index (χ4v) is 4.46. The van der Waals surface area contributed by atoms with E-state index in [1.165, 1.54) is 15.3 Å². The molecule has 0 radical (unpaired) electrons. The molecule has 0 saturated carbocycles. The number of amides is 1. The fourth-order valence-electron chi connectivity index (χ4n) is 3.35. The van der Waals surface area contributed by atoms with Gasteiger partial charge in [-0.3, -0.25) is 14.7 Å². The predicted molar refractivity (Wildman–Crippen MR) is 106 cm³/mol. The summed E-state index contributed by atoms with van der Waals surface area (Å²) in [4.78, 5) is 22.3. The number of thiophene rings is 1. The number of fused-ring (bicyclic) bond motifs is 1. The number of carbonyl (C=O) groups excluding carboxylic acids is 1. The Labute approximate surface area is 164 Å². The second-order valence-electron chi connectivity index (χ2n) is 7.05. The van der Waals surface area contributed by atoms with Crippen molar-refractivity contribution in [3.63, 3.8) is 0 Å². The highest BCUT2D eigenvalue weighted by atomic mass is 32.1. The molecule has 2 aromatic heterocycles. The van der Waals surface area contributed by atoms with Crippen LogP contribution in [-0.4, -0.2) is 63.8 Å². The van der Waals surface area contributed by atoms with Gasteiger partial charge in [0.2, 0.25) is 0 Å². The molecule has 27 heavy (non-hydrogen) atoms. The van der Waals surface area contributed by atoms with Gasteiger partial charge >= 0.3 is 0 Å². The van der Waals surface area contributed by atoms with Gasteiger partial charge in [-0.15, -0.1) is 11.3 Å². The predicted octanol–water partition coefficient (Wildman–Crippen LogP) is 1.69. The molecule has 0 aliphatic carbocycles. The van der Waals surface area contributed by atoms with Crippen molar-refractivity contribution in [3.05, 3.63) is 51.0 Å². The van der Waals surface area contributed by atoms with E-state index in [1.807, 2.05) is 11.6 Å². The zero-order chi connectivity index (χ0) is 19.4. The molecular weight excluding hydrogens is 362 g/mol. The van der Waals surface area contributed by atoms with Gasteiger partial charge in [0, 0.05) is 49.7 Å². The number of pyridine rings is 1. The van der Waals surface area contributed by atoms with Crippen LogP contribution in [0.2, 0.25) is 0 Å². The van der Waals surface area contributed by atoms with Crippen molar-refractivity contribution < 1.29 is 15.0 Å². The van der Waals surface area contributed by atoms with E-state index in [9.17, 15) is 9.90 Å². The minimum absolute atomic E-state index is 0.0923. The Morgan fingerprint density at radius 3 is 2.93 bits per heavy atom. The maximum Gasteiger partial charge on any atom is 0.254 e. The van der Waals surface area contributed by atoms with Gasteiger partial charge < -0.3 is 15.1 Å². The number of rotatable bonds is 7. The van der Waals surface area contributed by atoms with E-state index in [2.05, 4.69) is 28.9 Å². The smallest absolute Gasteiger partial charge is 0.254 e. The van der Waals surface area contributed by atoms with Crippen molar-refractivity contribution in [2.45, 2.75) is 39.0 Å². The lowest BCUT2D eigenvalue weighted by Gasteiger charge is -2.27. The highest BCUT2D eigenvalue weighted by Gasteiger charge is 2.26. The van der Waals surface area contributed by atoms with Gasteiger partial charge in [0.25, 0.3) is 5.91 Å². The highest BCUT2D eigenvalue weighted by Crippen LogP contribution is 2.30. The Morgan fingerprint density at radius 1 is 1.44 bits per heavy atom. The molecule has 6 nitrogen and oxygen atoms in total. The monoisotopic (exact) mass is 389 g/mol. The molecule has 1 aliphatic heterocycles. The number of carbonyl (C=O) groups is 1. The first-order chi connectivity index (χ1) is 13.0. The molecule has 0 fully saturated rings. The lowest BCUT2D eigenvalue weighted by molar-refractivity contribution is 0.0519. The average Bonchev–Trinajstić information content (AvgIpc) is 3.11. The van der Waals surface area contributed by atoms with Crippen molar-refractivity contribution >= 4 is 17.2 Å². The minimum Gasteiger partial charge on any atom is -0.394 e. The van der Waals surface area contributed by atoms with E-state index in [4.69, 9.17) is 5.11 Å². The summed E-state index contributed by atoms with van der Waals surface area (Å²) in [5, 5.41) is 20.5. The van der Waals surface area contributed by atoms with E-state index in [1.54, 1.807) is 18.4 Å². The molecule has 1 aliphatic rings. The van der Waals surface area contributed by atoms with Gasteiger partial charge in [0.1, 0.15) is 0 Å². The first-order valence-electron chi connectivity index (χ1n) is 9.31. The normalized spacial score (nSPS) is 15.4. The summed E-state index contributed by atoms with van der Waals surface area (Å²) >= 11 is 1.62. The molecule has 2 N–H and O–H groups in total. The first kappa shape index (κ1) is 19.9. The second-order valence-corrected chi connectivity index (χ2v) is 8.01. The second kappa shape index (κ2) is 8.93. The SMILES string of the molecule is CCc1ccc(CN2CCc3c(C(=O)N(C)C[C@@H](O)CO)csc3C2)nc1. The fraction of sp³-hybridized carbons (Fsp3) is 0.500. The van der Waals surface area contributed by atoms with E-state index in [-0.39, 0.29) is 19.1 Å². The molecule has 3 heterocycles. The molecule has 0 unspecified atom stereocenters. The van der Waals surface area contributed by atoms with E-state index < -0.39 is 6.10 Å². The van der Waals surface area contributed by atoms with Crippen LogP contribution in [0.1, 0.15) is 39.0 Å². The summed E-state index contributed by atoms with van der Waals surface area (Å²) in [5.74, 6) is -0.0923. The van der Waals surface area contributed by atoms with Gasteiger partial charge in [0.05, 0.1) is 24.0 Å². The topological polar surface area (TPSA) is 76.9 Å². The lowest BCUT2D eigenvalue weighted by Crippen LogP contribution is -2.36. The highest BCUT2D eigenvalue weighted by molar-refractivity contribution is 7.10. The zero-order valence-electron chi connectivity index (χ0n) is 15.9. The summed E-state index contributed by atoms with van der Waals surface area (Å²) in [6.45, 7) is 4.44. The standard InChI is InChI=1S/C20H27N3O3S/c1-3-14-4-5-15(21-8-14)9-23-7-6-17-18(13-27-19(17)11-23)20(26)22(2)10-16(25)12-24/h4-5,8,13,16,24-25H,3,6-7,9-12H2,1-2H3/t16-/m1/s1. The molecular formula is C20H27N3O3S. The van der Waals surface area contributed by atoms with Gasteiger partial charge in [-0.1, -0.05) is 13.0 Å². The Balaban J connectivity index is 1.64. The van der Waals surface area contributed by atoms with Crippen LogP contribution in [0.3, 0.4) is 0 Å².